The van der Waals surface area contributed by atoms with Crippen molar-refractivity contribution >= 4 is 5.91 Å². The maximum Gasteiger partial charge on any atom is 0.234 e. The third kappa shape index (κ3) is 3.14. The number of nitrogens with zero attached hydrogens (tertiary/aromatic N) is 1. The number of benzene rings is 1. The predicted molar refractivity (Wildman–Crippen MR) is 74.8 cm³/mol. The molecular weight excluding hydrogens is 240 g/mol. The van der Waals surface area contributed by atoms with Crippen LogP contribution in [0.5, 0.6) is 0 Å². The van der Waals surface area contributed by atoms with E-state index >= 15 is 0 Å². The largest absolute Gasteiger partial charge is 0.390 e. The highest BCUT2D eigenvalue weighted by atomic mass is 16.3. The highest BCUT2D eigenvalue weighted by Gasteiger charge is 2.31. The first kappa shape index (κ1) is 14.0. The number of likely N-dealkylation sites (N-methyl/N-ethyl adjacent to an activating group) is 1. The molecule has 19 heavy (non-hydrogen) atoms. The van der Waals surface area contributed by atoms with Crippen molar-refractivity contribution in [3.8, 4) is 0 Å². The highest BCUT2D eigenvalue weighted by Crippen LogP contribution is 2.31. The van der Waals surface area contributed by atoms with Gasteiger partial charge in [0, 0.05) is 12.5 Å². The van der Waals surface area contributed by atoms with Crippen molar-refractivity contribution in [1.29, 1.82) is 0 Å². The lowest BCUT2D eigenvalue weighted by atomic mass is 10.1. The monoisotopic (exact) mass is 262 g/mol. The van der Waals surface area contributed by atoms with Crippen LogP contribution in [0.25, 0.3) is 0 Å². The summed E-state index contributed by atoms with van der Waals surface area (Å²) in [4.78, 5) is 14.0. The van der Waals surface area contributed by atoms with E-state index in [0.717, 1.165) is 11.1 Å². The molecule has 2 N–H and O–H groups in total. The maximum absolute atomic E-state index is 12.0. The van der Waals surface area contributed by atoms with Crippen molar-refractivity contribution in [2.24, 2.45) is 0 Å². The average Bonchev–Trinajstić information content (AvgIpc) is 2.66. The van der Waals surface area contributed by atoms with Gasteiger partial charge in [0.25, 0.3) is 0 Å². The lowest BCUT2D eigenvalue weighted by Crippen LogP contribution is -2.41. The Morgan fingerprint density at radius 2 is 2.16 bits per heavy atom. The van der Waals surface area contributed by atoms with Crippen LogP contribution >= 0.6 is 0 Å². The fourth-order valence-electron chi connectivity index (χ4n) is 2.38. The molecule has 0 saturated heterocycles. The van der Waals surface area contributed by atoms with E-state index in [1.54, 1.807) is 0 Å². The van der Waals surface area contributed by atoms with E-state index in [0.29, 0.717) is 19.0 Å². The maximum atomic E-state index is 12.0. The second kappa shape index (κ2) is 5.72. The van der Waals surface area contributed by atoms with Gasteiger partial charge in [-0.15, -0.1) is 0 Å². The second-order valence-corrected chi connectivity index (χ2v) is 5.52. The molecule has 1 aromatic rings. The molecule has 0 fully saturated rings. The third-order valence-corrected chi connectivity index (χ3v) is 3.80. The van der Waals surface area contributed by atoms with Gasteiger partial charge in [0.2, 0.25) is 5.91 Å². The molecule has 2 rings (SSSR count). The number of amides is 1. The second-order valence-electron chi connectivity index (χ2n) is 5.52. The number of carbonyl (C=O) groups excluding carboxylic acids is 1. The van der Waals surface area contributed by atoms with Crippen molar-refractivity contribution in [3.05, 3.63) is 35.4 Å². The van der Waals surface area contributed by atoms with Crippen LogP contribution in [-0.2, 0) is 11.2 Å². The fraction of sp³-hybridized carbons (Fsp3) is 0.533. The van der Waals surface area contributed by atoms with E-state index in [1.807, 2.05) is 50.1 Å². The zero-order valence-corrected chi connectivity index (χ0v) is 11.8. The summed E-state index contributed by atoms with van der Waals surface area (Å²) in [5.41, 5.74) is 2.16. The first-order chi connectivity index (χ1) is 8.99. The minimum absolute atomic E-state index is 0.0445. The Kier molecular flexibility index (Phi) is 4.22. The molecule has 0 bridgehead atoms. The standard InChI is InChI=1S/C15H22N2O2/c1-10(2)17(3)9-14(19)16-15-12-7-5-4-6-11(12)8-13(15)18/h4-7,10,13,15,18H,8-9H2,1-3H3,(H,16,19)/t13-,15+/m1/s1. The van der Waals surface area contributed by atoms with Gasteiger partial charge in [0.15, 0.2) is 0 Å². The van der Waals surface area contributed by atoms with Crippen LogP contribution in [0.4, 0.5) is 0 Å². The Morgan fingerprint density at radius 3 is 2.84 bits per heavy atom. The fourth-order valence-corrected chi connectivity index (χ4v) is 2.38. The minimum Gasteiger partial charge on any atom is -0.390 e. The molecule has 0 spiro atoms. The van der Waals surface area contributed by atoms with E-state index in [9.17, 15) is 9.90 Å². The summed E-state index contributed by atoms with van der Waals surface area (Å²) in [7, 11) is 1.92. The Morgan fingerprint density at radius 1 is 1.47 bits per heavy atom. The molecule has 0 unspecified atom stereocenters. The van der Waals surface area contributed by atoms with E-state index in [1.165, 1.54) is 0 Å². The molecule has 4 heteroatoms. The van der Waals surface area contributed by atoms with Crippen molar-refractivity contribution in [3.63, 3.8) is 0 Å². The van der Waals surface area contributed by atoms with Crippen LogP contribution in [0.2, 0.25) is 0 Å². The average molecular weight is 262 g/mol. The van der Waals surface area contributed by atoms with Crippen molar-refractivity contribution < 1.29 is 9.90 Å². The van der Waals surface area contributed by atoms with E-state index in [2.05, 4.69) is 5.32 Å². The highest BCUT2D eigenvalue weighted by molar-refractivity contribution is 5.78. The van der Waals surface area contributed by atoms with Crippen LogP contribution in [-0.4, -0.2) is 41.7 Å². The van der Waals surface area contributed by atoms with E-state index < -0.39 is 6.10 Å². The summed E-state index contributed by atoms with van der Waals surface area (Å²) >= 11 is 0. The van der Waals surface area contributed by atoms with Gasteiger partial charge in [-0.05, 0) is 32.0 Å². The minimum atomic E-state index is -0.522. The van der Waals surface area contributed by atoms with Gasteiger partial charge in [-0.25, -0.2) is 0 Å². The number of fused-ring (bicyclic) bond motifs is 1. The van der Waals surface area contributed by atoms with E-state index in [4.69, 9.17) is 0 Å². The Hall–Kier alpha value is -1.39. The third-order valence-electron chi connectivity index (χ3n) is 3.80. The molecule has 1 amide bonds. The van der Waals surface area contributed by atoms with E-state index in [-0.39, 0.29) is 11.9 Å². The molecule has 0 aromatic heterocycles. The Bertz CT molecular complexity index is 459. The van der Waals surface area contributed by atoms with Crippen molar-refractivity contribution in [2.45, 2.75) is 38.5 Å². The van der Waals surface area contributed by atoms with Crippen LogP contribution < -0.4 is 5.32 Å². The van der Waals surface area contributed by atoms with Gasteiger partial charge in [-0.3, -0.25) is 9.69 Å². The molecule has 0 saturated carbocycles. The molecule has 1 aliphatic rings. The predicted octanol–water partition coefficient (Wildman–Crippen LogP) is 1.10. The van der Waals surface area contributed by atoms with Crippen LogP contribution in [0.3, 0.4) is 0 Å². The van der Waals surface area contributed by atoms with Gasteiger partial charge >= 0.3 is 0 Å². The molecule has 0 radical (unpaired) electrons. The molecule has 4 nitrogen and oxygen atoms in total. The number of nitrogens with one attached hydrogen (secondary N) is 1. The van der Waals surface area contributed by atoms with Gasteiger partial charge in [0.1, 0.15) is 0 Å². The number of hydrogen-bond donors (Lipinski definition) is 2. The Labute approximate surface area is 114 Å². The topological polar surface area (TPSA) is 52.6 Å². The molecule has 0 heterocycles. The lowest BCUT2D eigenvalue weighted by Gasteiger charge is -2.23. The zero-order chi connectivity index (χ0) is 14.0. The number of hydrogen-bond acceptors (Lipinski definition) is 3. The lowest BCUT2D eigenvalue weighted by molar-refractivity contribution is -0.123. The van der Waals surface area contributed by atoms with Crippen LogP contribution in [0, 0.1) is 0 Å². The summed E-state index contributed by atoms with van der Waals surface area (Å²) in [5, 5.41) is 13.0. The number of carbonyl (C=O) groups is 1. The molecule has 1 aromatic carbocycles. The Balaban J connectivity index is 2.01. The molecular formula is C15H22N2O2. The van der Waals surface area contributed by atoms with Gasteiger partial charge in [-0.1, -0.05) is 24.3 Å². The first-order valence-electron chi connectivity index (χ1n) is 6.74. The van der Waals surface area contributed by atoms with Crippen molar-refractivity contribution in [2.75, 3.05) is 13.6 Å². The summed E-state index contributed by atoms with van der Waals surface area (Å²) < 4.78 is 0. The molecule has 104 valence electrons. The summed E-state index contributed by atoms with van der Waals surface area (Å²) in [6.07, 6.45) is 0.0897. The van der Waals surface area contributed by atoms with Gasteiger partial charge < -0.3 is 10.4 Å². The number of rotatable bonds is 4. The smallest absolute Gasteiger partial charge is 0.234 e. The number of aliphatic hydroxyl groups excluding tert-OH is 1. The first-order valence-corrected chi connectivity index (χ1v) is 6.74. The summed E-state index contributed by atoms with van der Waals surface area (Å²) in [5.74, 6) is -0.0445. The quantitative estimate of drug-likeness (QED) is 0.854. The molecule has 1 aliphatic carbocycles. The molecule has 2 atom stereocenters. The summed E-state index contributed by atoms with van der Waals surface area (Å²) in [6, 6.07) is 7.93. The van der Waals surface area contributed by atoms with Gasteiger partial charge in [0.05, 0.1) is 18.7 Å². The van der Waals surface area contributed by atoms with Gasteiger partial charge in [-0.2, -0.15) is 0 Å². The van der Waals surface area contributed by atoms with Crippen LogP contribution in [0.15, 0.2) is 24.3 Å². The SMILES string of the molecule is CC(C)N(C)CC(=O)N[C@H]1c2ccccc2C[C@H]1O. The van der Waals surface area contributed by atoms with Crippen LogP contribution in [0.1, 0.15) is 31.0 Å². The summed E-state index contributed by atoms with van der Waals surface area (Å²) in [6.45, 7) is 4.45. The molecule has 0 aliphatic heterocycles. The van der Waals surface area contributed by atoms with Crippen molar-refractivity contribution in [1.82, 2.24) is 10.2 Å². The number of aliphatic hydroxyl groups is 1. The normalized spacial score (nSPS) is 21.8. The zero-order valence-electron chi connectivity index (χ0n) is 11.8.